The Morgan fingerprint density at radius 2 is 2.16 bits per heavy atom. The highest BCUT2D eigenvalue weighted by atomic mass is 32.1. The number of nitrogens with zero attached hydrogens (tertiary/aromatic N) is 1. The van der Waals surface area contributed by atoms with Crippen LogP contribution in [0.25, 0.3) is 0 Å². The average molecular weight is 285 g/mol. The van der Waals surface area contributed by atoms with Gasteiger partial charge in [0.05, 0.1) is 11.0 Å². The number of nitrogens with one attached hydrogen (secondary N) is 1. The van der Waals surface area contributed by atoms with Crippen molar-refractivity contribution in [2.45, 2.75) is 52.2 Å². The third-order valence-corrected chi connectivity index (χ3v) is 3.70. The van der Waals surface area contributed by atoms with Crippen LogP contribution in [0.1, 0.15) is 56.5 Å². The van der Waals surface area contributed by atoms with Gasteiger partial charge in [-0.25, -0.2) is 9.78 Å². The van der Waals surface area contributed by atoms with Crippen LogP contribution < -0.4 is 11.1 Å². The van der Waals surface area contributed by atoms with Crippen LogP contribution in [-0.2, 0) is 4.74 Å². The highest BCUT2D eigenvalue weighted by Gasteiger charge is 2.18. The molecule has 1 amide bonds. The molecule has 1 atom stereocenters. The van der Waals surface area contributed by atoms with E-state index in [0.29, 0.717) is 12.5 Å². The fourth-order valence-electron chi connectivity index (χ4n) is 1.35. The van der Waals surface area contributed by atoms with Gasteiger partial charge in [-0.15, -0.1) is 11.3 Å². The molecule has 0 aliphatic carbocycles. The lowest BCUT2D eigenvalue weighted by Crippen LogP contribution is -2.36. The van der Waals surface area contributed by atoms with Gasteiger partial charge in [-0.05, 0) is 20.8 Å². The van der Waals surface area contributed by atoms with E-state index in [1.54, 1.807) is 17.5 Å². The number of aromatic nitrogens is 1. The summed E-state index contributed by atoms with van der Waals surface area (Å²) >= 11 is 1.59. The SMILES string of the molecule is CC(C)c1ncc(C(N)CNC(=O)OC(C)(C)C)s1. The number of carbonyl (C=O) groups excluding carboxylic acids is 1. The minimum atomic E-state index is -0.497. The second-order valence-electron chi connectivity index (χ2n) is 5.74. The Hall–Kier alpha value is -1.14. The van der Waals surface area contributed by atoms with Gasteiger partial charge in [-0.3, -0.25) is 0 Å². The lowest BCUT2D eigenvalue weighted by atomic mass is 10.2. The molecule has 0 spiro atoms. The molecule has 1 unspecified atom stereocenters. The third kappa shape index (κ3) is 5.57. The van der Waals surface area contributed by atoms with E-state index in [-0.39, 0.29) is 6.04 Å². The predicted octanol–water partition coefficient (Wildman–Crippen LogP) is 2.79. The van der Waals surface area contributed by atoms with Crippen LogP contribution in [0.5, 0.6) is 0 Å². The number of thiazole rings is 1. The van der Waals surface area contributed by atoms with Gasteiger partial charge in [0.25, 0.3) is 0 Å². The molecule has 0 saturated carbocycles. The normalized spacial score (nSPS) is 13.4. The molecule has 0 radical (unpaired) electrons. The van der Waals surface area contributed by atoms with Gasteiger partial charge >= 0.3 is 6.09 Å². The third-order valence-electron chi connectivity index (χ3n) is 2.27. The van der Waals surface area contributed by atoms with Gasteiger partial charge in [-0.2, -0.15) is 0 Å². The number of hydrogen-bond acceptors (Lipinski definition) is 5. The zero-order valence-corrected chi connectivity index (χ0v) is 13.0. The fraction of sp³-hybridized carbons (Fsp3) is 0.692. The van der Waals surface area contributed by atoms with Crippen LogP contribution >= 0.6 is 11.3 Å². The molecule has 0 fully saturated rings. The van der Waals surface area contributed by atoms with Crippen molar-refractivity contribution >= 4 is 17.4 Å². The van der Waals surface area contributed by atoms with Crippen molar-refractivity contribution in [1.29, 1.82) is 0 Å². The molecule has 0 saturated heterocycles. The van der Waals surface area contributed by atoms with E-state index in [1.165, 1.54) is 0 Å². The molecule has 5 nitrogen and oxygen atoms in total. The zero-order valence-electron chi connectivity index (χ0n) is 12.2. The first-order chi connectivity index (χ1) is 8.69. The van der Waals surface area contributed by atoms with Crippen LogP contribution in [0, 0.1) is 0 Å². The van der Waals surface area contributed by atoms with Crippen molar-refractivity contribution < 1.29 is 9.53 Å². The van der Waals surface area contributed by atoms with E-state index in [2.05, 4.69) is 24.1 Å². The lowest BCUT2D eigenvalue weighted by Gasteiger charge is -2.20. The number of rotatable bonds is 4. The van der Waals surface area contributed by atoms with Crippen molar-refractivity contribution in [3.8, 4) is 0 Å². The molecule has 1 heterocycles. The summed E-state index contributed by atoms with van der Waals surface area (Å²) in [4.78, 5) is 16.8. The summed E-state index contributed by atoms with van der Waals surface area (Å²) in [6.45, 7) is 9.99. The van der Waals surface area contributed by atoms with Crippen molar-refractivity contribution in [3.05, 3.63) is 16.1 Å². The van der Waals surface area contributed by atoms with Crippen molar-refractivity contribution in [1.82, 2.24) is 10.3 Å². The van der Waals surface area contributed by atoms with Gasteiger partial charge in [0.15, 0.2) is 0 Å². The van der Waals surface area contributed by atoms with Gasteiger partial charge in [-0.1, -0.05) is 13.8 Å². The summed E-state index contributed by atoms with van der Waals surface area (Å²) in [7, 11) is 0. The molecule has 1 aromatic rings. The second kappa shape index (κ2) is 6.34. The summed E-state index contributed by atoms with van der Waals surface area (Å²) in [5.41, 5.74) is 5.52. The molecular formula is C13H23N3O2S. The minimum absolute atomic E-state index is 0.252. The van der Waals surface area contributed by atoms with E-state index < -0.39 is 11.7 Å². The number of hydrogen-bond donors (Lipinski definition) is 2. The maximum atomic E-state index is 11.5. The van der Waals surface area contributed by atoms with Crippen molar-refractivity contribution in [2.75, 3.05) is 6.54 Å². The maximum Gasteiger partial charge on any atom is 0.407 e. The van der Waals surface area contributed by atoms with Crippen molar-refractivity contribution in [3.63, 3.8) is 0 Å². The van der Waals surface area contributed by atoms with Crippen LogP contribution in [-0.4, -0.2) is 23.2 Å². The number of carbonyl (C=O) groups is 1. The molecule has 0 bridgehead atoms. The topological polar surface area (TPSA) is 77.2 Å². The first-order valence-electron chi connectivity index (χ1n) is 6.37. The van der Waals surface area contributed by atoms with E-state index in [1.807, 2.05) is 20.8 Å². The first-order valence-corrected chi connectivity index (χ1v) is 7.18. The van der Waals surface area contributed by atoms with Crippen LogP contribution in [0.3, 0.4) is 0 Å². The van der Waals surface area contributed by atoms with Crippen LogP contribution in [0.2, 0.25) is 0 Å². The number of ether oxygens (including phenoxy) is 1. The first kappa shape index (κ1) is 15.9. The van der Waals surface area contributed by atoms with Gasteiger partial charge in [0, 0.05) is 23.5 Å². The zero-order chi connectivity index (χ0) is 14.6. The number of nitrogens with two attached hydrogens (primary N) is 1. The highest BCUT2D eigenvalue weighted by Crippen LogP contribution is 2.24. The van der Waals surface area contributed by atoms with Gasteiger partial charge in [0.1, 0.15) is 5.60 Å². The predicted molar refractivity (Wildman–Crippen MR) is 77.4 cm³/mol. The largest absolute Gasteiger partial charge is 0.444 e. The average Bonchev–Trinajstić information content (AvgIpc) is 2.72. The Bertz CT molecular complexity index is 424. The summed E-state index contributed by atoms with van der Waals surface area (Å²) in [6, 6.07) is -0.252. The molecule has 0 aliphatic heterocycles. The van der Waals surface area contributed by atoms with E-state index in [4.69, 9.17) is 10.5 Å². The summed E-state index contributed by atoms with van der Waals surface area (Å²) in [5.74, 6) is 0.393. The molecule has 0 aliphatic rings. The molecule has 1 rings (SSSR count). The molecule has 6 heteroatoms. The number of alkyl carbamates (subject to hydrolysis) is 1. The standard InChI is InChI=1S/C13H23N3O2S/c1-8(2)11-15-7-10(19-11)9(14)6-16-12(17)18-13(3,4)5/h7-9H,6,14H2,1-5H3,(H,16,17). The molecule has 1 aromatic heterocycles. The maximum absolute atomic E-state index is 11.5. The van der Waals surface area contributed by atoms with Crippen LogP contribution in [0.15, 0.2) is 6.20 Å². The highest BCUT2D eigenvalue weighted by molar-refractivity contribution is 7.11. The summed E-state index contributed by atoms with van der Waals surface area (Å²) in [5, 5.41) is 3.73. The smallest absolute Gasteiger partial charge is 0.407 e. The quantitative estimate of drug-likeness (QED) is 0.891. The molecule has 108 valence electrons. The molecule has 0 aromatic carbocycles. The van der Waals surface area contributed by atoms with E-state index >= 15 is 0 Å². The molecule has 3 N–H and O–H groups in total. The van der Waals surface area contributed by atoms with Gasteiger partial charge in [0.2, 0.25) is 0 Å². The molecule has 19 heavy (non-hydrogen) atoms. The molecular weight excluding hydrogens is 262 g/mol. The Morgan fingerprint density at radius 1 is 1.53 bits per heavy atom. The Labute approximate surface area is 118 Å². The second-order valence-corrected chi connectivity index (χ2v) is 6.84. The Balaban J connectivity index is 2.46. The summed E-state index contributed by atoms with van der Waals surface area (Å²) < 4.78 is 5.15. The Morgan fingerprint density at radius 3 is 2.63 bits per heavy atom. The van der Waals surface area contributed by atoms with Crippen LogP contribution in [0.4, 0.5) is 4.79 Å². The summed E-state index contributed by atoms with van der Waals surface area (Å²) in [6.07, 6.45) is 1.33. The van der Waals surface area contributed by atoms with Gasteiger partial charge < -0.3 is 15.8 Å². The number of amides is 1. The van der Waals surface area contributed by atoms with E-state index in [0.717, 1.165) is 9.88 Å². The lowest BCUT2D eigenvalue weighted by molar-refractivity contribution is 0.0524. The minimum Gasteiger partial charge on any atom is -0.444 e. The Kier molecular flexibility index (Phi) is 5.31. The monoisotopic (exact) mass is 285 g/mol. The fourth-order valence-corrected chi connectivity index (χ4v) is 2.27. The van der Waals surface area contributed by atoms with E-state index in [9.17, 15) is 4.79 Å². The van der Waals surface area contributed by atoms with Crippen molar-refractivity contribution in [2.24, 2.45) is 5.73 Å².